The molecule has 2 amide bonds. The summed E-state index contributed by atoms with van der Waals surface area (Å²) in [7, 11) is 0. The average molecular weight is 523 g/mol. The molecule has 0 radical (unpaired) electrons. The van der Waals surface area contributed by atoms with Gasteiger partial charge in [-0.2, -0.15) is 13.2 Å². The first-order valence-electron chi connectivity index (χ1n) is 12.4. The summed E-state index contributed by atoms with van der Waals surface area (Å²) < 4.78 is 42.3. The van der Waals surface area contributed by atoms with E-state index in [9.17, 15) is 22.8 Å². The molecule has 0 saturated carbocycles. The predicted molar refractivity (Wildman–Crippen MR) is 143 cm³/mol. The zero-order valence-electron chi connectivity index (χ0n) is 21.4. The fourth-order valence-electron chi connectivity index (χ4n) is 4.44. The molecular weight excluding hydrogens is 493 g/mol. The molecule has 3 aromatic carbocycles. The Morgan fingerprint density at radius 3 is 2.39 bits per heavy atom. The topological polar surface area (TPSA) is 67.2 Å². The van der Waals surface area contributed by atoms with Gasteiger partial charge in [-0.05, 0) is 56.2 Å². The highest BCUT2D eigenvalue weighted by molar-refractivity contribution is 5.90. The lowest BCUT2D eigenvalue weighted by atomic mass is 10.1. The number of alkyl halides is 3. The van der Waals surface area contributed by atoms with Gasteiger partial charge in [-0.3, -0.25) is 9.36 Å². The van der Waals surface area contributed by atoms with Gasteiger partial charge in [0.25, 0.3) is 5.56 Å². The van der Waals surface area contributed by atoms with Gasteiger partial charge in [0.2, 0.25) is 0 Å². The minimum atomic E-state index is -4.63. The summed E-state index contributed by atoms with van der Waals surface area (Å²) in [6.45, 7) is 5.82. The largest absolute Gasteiger partial charge is 0.418 e. The zero-order chi connectivity index (χ0) is 27.4. The minimum absolute atomic E-state index is 0.258. The van der Waals surface area contributed by atoms with Crippen LogP contribution in [-0.4, -0.2) is 27.0 Å². The number of hydrogen-bond acceptors (Lipinski definition) is 3. The second kappa shape index (κ2) is 11.1. The molecule has 1 N–H and O–H groups in total. The molecule has 0 saturated heterocycles. The number of benzene rings is 3. The number of rotatable bonds is 7. The molecule has 0 fully saturated rings. The number of para-hydroxylation sites is 3. The van der Waals surface area contributed by atoms with Gasteiger partial charge in [-0.15, -0.1) is 0 Å². The third-order valence-electron chi connectivity index (χ3n) is 6.49. The standard InChI is InChI=1S/C29H29F3N4O2/c1-4-5-18-35(28(38)34-24-16-10-8-14-22(24)29(30,31)32)20(3)26-33-23-15-9-7-13-21(23)27(37)36(26)25-17-11-6-12-19(25)2/h6-17,20H,4-5,18H2,1-3H3,(H,34,38). The van der Waals surface area contributed by atoms with Gasteiger partial charge in [-0.1, -0.05) is 55.8 Å². The summed E-state index contributed by atoms with van der Waals surface area (Å²) in [4.78, 5) is 33.5. The van der Waals surface area contributed by atoms with E-state index in [1.807, 2.05) is 32.0 Å². The van der Waals surface area contributed by atoms with Crippen molar-refractivity contribution in [2.75, 3.05) is 11.9 Å². The van der Waals surface area contributed by atoms with Crippen molar-refractivity contribution >= 4 is 22.6 Å². The van der Waals surface area contributed by atoms with Gasteiger partial charge in [0.05, 0.1) is 33.9 Å². The van der Waals surface area contributed by atoms with Crippen molar-refractivity contribution in [1.82, 2.24) is 14.5 Å². The van der Waals surface area contributed by atoms with Gasteiger partial charge in [0, 0.05) is 6.54 Å². The summed E-state index contributed by atoms with van der Waals surface area (Å²) in [6, 6.07) is 17.7. The number of halogens is 3. The molecule has 1 aromatic heterocycles. The van der Waals surface area contributed by atoms with Gasteiger partial charge >= 0.3 is 12.2 Å². The number of urea groups is 1. The molecule has 4 rings (SSSR count). The van der Waals surface area contributed by atoms with Crippen molar-refractivity contribution in [1.29, 1.82) is 0 Å². The number of carbonyl (C=O) groups excluding carboxylic acids is 1. The molecule has 0 bridgehead atoms. The molecule has 1 unspecified atom stereocenters. The second-order valence-electron chi connectivity index (χ2n) is 9.11. The summed E-state index contributed by atoms with van der Waals surface area (Å²) in [5.74, 6) is 0.318. The summed E-state index contributed by atoms with van der Waals surface area (Å²) in [5.41, 5.74) is 0.380. The lowest BCUT2D eigenvalue weighted by Crippen LogP contribution is -2.40. The first-order valence-corrected chi connectivity index (χ1v) is 12.4. The van der Waals surface area contributed by atoms with E-state index in [1.54, 1.807) is 37.3 Å². The smallest absolute Gasteiger partial charge is 0.315 e. The number of aromatic nitrogens is 2. The van der Waals surface area contributed by atoms with Gasteiger partial charge in [-0.25, -0.2) is 9.78 Å². The Labute approximate surface area is 218 Å². The van der Waals surface area contributed by atoms with Crippen molar-refractivity contribution in [3.63, 3.8) is 0 Å². The van der Waals surface area contributed by atoms with Crippen LogP contribution in [0.4, 0.5) is 23.7 Å². The molecule has 1 heterocycles. The lowest BCUT2D eigenvalue weighted by Gasteiger charge is -2.31. The van der Waals surface area contributed by atoms with Crippen LogP contribution >= 0.6 is 0 Å². The quantitative estimate of drug-likeness (QED) is 0.281. The Balaban J connectivity index is 1.84. The highest BCUT2D eigenvalue weighted by Gasteiger charge is 2.34. The van der Waals surface area contributed by atoms with E-state index in [4.69, 9.17) is 4.98 Å². The number of aryl methyl sites for hydroxylation is 1. The Bertz CT molecular complexity index is 1510. The van der Waals surface area contributed by atoms with Crippen LogP contribution in [0.5, 0.6) is 0 Å². The van der Waals surface area contributed by atoms with E-state index in [2.05, 4.69) is 5.32 Å². The van der Waals surface area contributed by atoms with Gasteiger partial charge < -0.3 is 10.2 Å². The molecule has 4 aromatic rings. The number of anilines is 1. The van der Waals surface area contributed by atoms with Crippen LogP contribution < -0.4 is 10.9 Å². The Kier molecular flexibility index (Phi) is 7.85. The Morgan fingerprint density at radius 1 is 1.03 bits per heavy atom. The maximum Gasteiger partial charge on any atom is 0.418 e. The van der Waals surface area contributed by atoms with E-state index in [0.717, 1.165) is 18.1 Å². The molecule has 0 aliphatic heterocycles. The first kappa shape index (κ1) is 26.9. The van der Waals surface area contributed by atoms with Crippen LogP contribution in [0, 0.1) is 6.92 Å². The molecule has 1 atom stereocenters. The molecule has 9 heteroatoms. The van der Waals surface area contributed by atoms with Crippen molar-refractivity contribution in [3.8, 4) is 5.69 Å². The predicted octanol–water partition coefficient (Wildman–Crippen LogP) is 7.11. The minimum Gasteiger partial charge on any atom is -0.315 e. The molecule has 6 nitrogen and oxygen atoms in total. The monoisotopic (exact) mass is 522 g/mol. The fourth-order valence-corrected chi connectivity index (χ4v) is 4.44. The lowest BCUT2D eigenvalue weighted by molar-refractivity contribution is -0.136. The van der Waals surface area contributed by atoms with Crippen molar-refractivity contribution in [2.24, 2.45) is 0 Å². The first-order chi connectivity index (χ1) is 18.1. The van der Waals surface area contributed by atoms with Crippen molar-refractivity contribution in [2.45, 2.75) is 45.8 Å². The summed E-state index contributed by atoms with van der Waals surface area (Å²) in [6.07, 6.45) is -3.26. The van der Waals surface area contributed by atoms with Crippen LogP contribution in [0.2, 0.25) is 0 Å². The van der Waals surface area contributed by atoms with E-state index in [1.165, 1.54) is 27.7 Å². The molecule has 38 heavy (non-hydrogen) atoms. The molecule has 198 valence electrons. The van der Waals surface area contributed by atoms with Crippen LogP contribution in [0.3, 0.4) is 0 Å². The number of nitrogens with zero attached hydrogens (tertiary/aromatic N) is 3. The van der Waals surface area contributed by atoms with E-state index in [0.29, 0.717) is 28.8 Å². The van der Waals surface area contributed by atoms with Crippen molar-refractivity contribution < 1.29 is 18.0 Å². The van der Waals surface area contributed by atoms with Crippen LogP contribution in [0.15, 0.2) is 77.6 Å². The van der Waals surface area contributed by atoms with Crippen LogP contribution in [0.25, 0.3) is 16.6 Å². The van der Waals surface area contributed by atoms with E-state index < -0.39 is 23.8 Å². The number of nitrogens with one attached hydrogen (secondary N) is 1. The van der Waals surface area contributed by atoms with Crippen molar-refractivity contribution in [3.05, 3.63) is 100 Å². The number of unbranched alkanes of at least 4 members (excludes halogenated alkanes) is 1. The molecule has 0 spiro atoms. The van der Waals surface area contributed by atoms with E-state index in [-0.39, 0.29) is 17.8 Å². The number of fused-ring (bicyclic) bond motifs is 1. The summed E-state index contributed by atoms with van der Waals surface area (Å²) >= 11 is 0. The highest BCUT2D eigenvalue weighted by Crippen LogP contribution is 2.35. The zero-order valence-corrected chi connectivity index (χ0v) is 21.4. The SMILES string of the molecule is CCCCN(C(=O)Nc1ccccc1C(F)(F)F)C(C)c1nc2ccccc2c(=O)n1-c1ccccc1C. The maximum absolute atomic E-state index is 13.7. The molecule has 0 aliphatic carbocycles. The third kappa shape index (κ3) is 5.41. The van der Waals surface area contributed by atoms with Crippen LogP contribution in [0.1, 0.15) is 49.7 Å². The fraction of sp³-hybridized carbons (Fsp3) is 0.276. The number of amides is 2. The number of hydrogen-bond donors (Lipinski definition) is 1. The Hall–Kier alpha value is -4.14. The normalized spacial score (nSPS) is 12.4. The molecule has 0 aliphatic rings. The average Bonchev–Trinajstić information content (AvgIpc) is 2.89. The number of carbonyl (C=O) groups is 1. The van der Waals surface area contributed by atoms with Crippen LogP contribution in [-0.2, 0) is 6.18 Å². The maximum atomic E-state index is 13.7. The Morgan fingerprint density at radius 2 is 1.68 bits per heavy atom. The highest BCUT2D eigenvalue weighted by atomic mass is 19.4. The third-order valence-corrected chi connectivity index (χ3v) is 6.49. The van der Waals surface area contributed by atoms with Gasteiger partial charge in [0.15, 0.2) is 0 Å². The van der Waals surface area contributed by atoms with Gasteiger partial charge in [0.1, 0.15) is 5.82 Å². The summed E-state index contributed by atoms with van der Waals surface area (Å²) in [5, 5.41) is 2.88. The second-order valence-corrected chi connectivity index (χ2v) is 9.11. The molecular formula is C29H29F3N4O2. The van der Waals surface area contributed by atoms with E-state index >= 15 is 0 Å².